The van der Waals surface area contributed by atoms with Gasteiger partial charge in [-0.05, 0) is 58.8 Å². The molecular weight excluding hydrogens is 390 g/mol. The van der Waals surface area contributed by atoms with Gasteiger partial charge < -0.3 is 15.2 Å². The number of aromatic hydroxyl groups is 1. The molecule has 0 aliphatic rings. The number of nitrogens with one attached hydrogen (secondary N) is 2. The van der Waals surface area contributed by atoms with E-state index in [1.54, 1.807) is 49.4 Å². The first kappa shape index (κ1) is 19.0. The van der Waals surface area contributed by atoms with E-state index in [4.69, 9.17) is 4.74 Å². The number of rotatable bonds is 6. The molecule has 10 heteroatoms. The summed E-state index contributed by atoms with van der Waals surface area (Å²) in [5.41, 5.74) is 0.848. The molecule has 10 nitrogen and oxygen atoms in total. The van der Waals surface area contributed by atoms with Crippen LogP contribution in [0, 0.1) is 0 Å². The van der Waals surface area contributed by atoms with Crippen LogP contribution in [0.4, 0.5) is 11.4 Å². The molecule has 4 aromatic rings. The van der Waals surface area contributed by atoms with Gasteiger partial charge in [0, 0.05) is 11.3 Å². The van der Waals surface area contributed by atoms with Gasteiger partial charge >= 0.3 is 5.97 Å². The minimum atomic E-state index is -0.935. The number of aromatic nitrogens is 4. The third-order valence-corrected chi connectivity index (χ3v) is 4.41. The van der Waals surface area contributed by atoms with Crippen LogP contribution in [0.15, 0.2) is 52.1 Å². The average Bonchev–Trinajstić information content (AvgIpc) is 3.32. The smallest absolute Gasteiger partial charge is 0.338 e. The quantitative estimate of drug-likeness (QED) is 0.322. The fourth-order valence-electron chi connectivity index (χ4n) is 2.96. The summed E-state index contributed by atoms with van der Waals surface area (Å²) in [4.78, 5) is 35.1. The maximum absolute atomic E-state index is 12.1. The Morgan fingerprint density at radius 1 is 1.10 bits per heavy atom. The molecule has 0 aliphatic carbocycles. The molecule has 0 aliphatic heterocycles. The molecule has 0 amide bonds. The minimum Gasteiger partial charge on any atom is -0.502 e. The Kier molecular flexibility index (Phi) is 4.80. The zero-order valence-corrected chi connectivity index (χ0v) is 15.7. The van der Waals surface area contributed by atoms with E-state index in [-0.39, 0.29) is 12.3 Å². The van der Waals surface area contributed by atoms with Crippen molar-refractivity contribution in [3.63, 3.8) is 0 Å². The highest BCUT2D eigenvalue weighted by Gasteiger charge is 2.21. The Morgan fingerprint density at radius 2 is 1.90 bits per heavy atom. The molecule has 3 aromatic carbocycles. The van der Waals surface area contributed by atoms with Gasteiger partial charge in [0.25, 0.3) is 10.9 Å². The van der Waals surface area contributed by atoms with Crippen LogP contribution in [0.25, 0.3) is 22.5 Å². The molecule has 4 rings (SSSR count). The second-order valence-corrected chi connectivity index (χ2v) is 6.36. The first-order valence-corrected chi connectivity index (χ1v) is 8.94. The third kappa shape index (κ3) is 3.41. The van der Waals surface area contributed by atoms with Crippen molar-refractivity contribution < 1.29 is 14.6 Å². The molecule has 30 heavy (non-hydrogen) atoms. The van der Waals surface area contributed by atoms with E-state index in [1.807, 2.05) is 0 Å². The van der Waals surface area contributed by atoms with Crippen molar-refractivity contribution in [2.24, 2.45) is 0 Å². The van der Waals surface area contributed by atoms with Gasteiger partial charge in [-0.3, -0.25) is 9.59 Å². The Hall–Kier alpha value is -4.34. The Morgan fingerprint density at radius 3 is 2.60 bits per heavy atom. The van der Waals surface area contributed by atoms with Crippen LogP contribution in [0.5, 0.6) is 5.75 Å². The summed E-state index contributed by atoms with van der Waals surface area (Å²) in [6.07, 6.45) is 0. The maximum Gasteiger partial charge on any atom is 0.338 e. The molecule has 3 N–H and O–H groups in total. The van der Waals surface area contributed by atoms with Crippen LogP contribution < -0.4 is 16.2 Å². The van der Waals surface area contributed by atoms with Crippen LogP contribution in [0.1, 0.15) is 17.3 Å². The van der Waals surface area contributed by atoms with E-state index >= 15 is 0 Å². The van der Waals surface area contributed by atoms with Crippen molar-refractivity contribution in [1.82, 2.24) is 20.6 Å². The predicted octanol–water partition coefficient (Wildman–Crippen LogP) is 1.76. The fourth-order valence-corrected chi connectivity index (χ4v) is 2.96. The highest BCUT2D eigenvalue weighted by molar-refractivity contribution is 5.91. The molecule has 150 valence electrons. The van der Waals surface area contributed by atoms with Gasteiger partial charge in [-0.1, -0.05) is 12.1 Å². The minimum absolute atomic E-state index is 0.181. The summed E-state index contributed by atoms with van der Waals surface area (Å²) in [5.74, 6) is -0.685. The summed E-state index contributed by atoms with van der Waals surface area (Å²) in [6.45, 7) is 1.99. The number of aromatic amines is 1. The number of nitrogens with zero attached hydrogens (tertiary/aromatic N) is 3. The maximum atomic E-state index is 12.1. The SMILES string of the molecule is CCOC(=O)c1cccc(-c2cc(Nc3c(O)c(=O)c3=O)cc(-c3nnn[nH]3)c2)c1. The van der Waals surface area contributed by atoms with Gasteiger partial charge in [-0.2, -0.15) is 0 Å². The Bertz CT molecular complexity index is 1310. The van der Waals surface area contributed by atoms with Gasteiger partial charge in [0.05, 0.1) is 12.2 Å². The largest absolute Gasteiger partial charge is 0.502 e. The zero-order valence-electron chi connectivity index (χ0n) is 15.7. The lowest BCUT2D eigenvalue weighted by molar-refractivity contribution is 0.0526. The lowest BCUT2D eigenvalue weighted by Crippen LogP contribution is -2.32. The van der Waals surface area contributed by atoms with E-state index in [0.29, 0.717) is 33.8 Å². The number of H-pyrrole nitrogens is 1. The lowest BCUT2D eigenvalue weighted by Gasteiger charge is -2.13. The number of ether oxygens (including phenoxy) is 1. The van der Waals surface area contributed by atoms with Crippen molar-refractivity contribution in [2.75, 3.05) is 11.9 Å². The van der Waals surface area contributed by atoms with Gasteiger partial charge in [0.15, 0.2) is 11.6 Å². The van der Waals surface area contributed by atoms with E-state index < -0.39 is 22.6 Å². The molecule has 1 heterocycles. The second kappa shape index (κ2) is 7.59. The number of carbonyl (C=O) groups excluding carboxylic acids is 1. The molecule has 1 aromatic heterocycles. The van der Waals surface area contributed by atoms with E-state index in [1.165, 1.54) is 0 Å². The van der Waals surface area contributed by atoms with Gasteiger partial charge in [0.2, 0.25) is 0 Å². The first-order chi connectivity index (χ1) is 14.5. The standard InChI is InChI=1S/C20H15N5O5/c1-2-30-20(29)11-5-3-4-10(6-11)12-7-13(19-22-24-25-23-19)9-14(8-12)21-15-16(26)18(28)17(15)27/h3-9,21,26H,2H2,1H3,(H,22,23,24,25). The molecule has 0 radical (unpaired) electrons. The summed E-state index contributed by atoms with van der Waals surface area (Å²) in [6, 6.07) is 12.0. The predicted molar refractivity (Wildman–Crippen MR) is 107 cm³/mol. The number of hydrogen-bond donors (Lipinski definition) is 3. The van der Waals surface area contributed by atoms with Gasteiger partial charge in [0.1, 0.15) is 5.69 Å². The molecule has 0 fully saturated rings. The molecule has 0 atom stereocenters. The van der Waals surface area contributed by atoms with Crippen molar-refractivity contribution >= 4 is 17.3 Å². The number of anilines is 2. The molecule has 0 unspecified atom stereocenters. The number of benzene rings is 2. The van der Waals surface area contributed by atoms with Crippen molar-refractivity contribution in [3.05, 3.63) is 68.5 Å². The molecule has 0 saturated heterocycles. The van der Waals surface area contributed by atoms with Crippen LogP contribution in [-0.2, 0) is 4.74 Å². The van der Waals surface area contributed by atoms with E-state index in [0.717, 1.165) is 0 Å². The van der Waals surface area contributed by atoms with E-state index in [2.05, 4.69) is 25.9 Å². The first-order valence-electron chi connectivity index (χ1n) is 8.94. The van der Waals surface area contributed by atoms with Crippen molar-refractivity contribution in [3.8, 4) is 28.3 Å². The van der Waals surface area contributed by atoms with Crippen LogP contribution in [0.2, 0.25) is 0 Å². The number of tetrazole rings is 1. The van der Waals surface area contributed by atoms with Gasteiger partial charge in [-0.25, -0.2) is 9.89 Å². The summed E-state index contributed by atoms with van der Waals surface area (Å²) < 4.78 is 5.05. The Balaban J connectivity index is 1.79. The molecular formula is C20H15N5O5. The molecule has 0 bridgehead atoms. The third-order valence-electron chi connectivity index (χ3n) is 4.41. The highest BCUT2D eigenvalue weighted by Crippen LogP contribution is 2.31. The molecule has 0 saturated carbocycles. The van der Waals surface area contributed by atoms with Gasteiger partial charge in [-0.15, -0.1) is 5.10 Å². The second-order valence-electron chi connectivity index (χ2n) is 6.36. The Labute approximate surface area is 168 Å². The summed E-state index contributed by atoms with van der Waals surface area (Å²) >= 11 is 0. The van der Waals surface area contributed by atoms with Crippen molar-refractivity contribution in [1.29, 1.82) is 0 Å². The van der Waals surface area contributed by atoms with Crippen LogP contribution in [0.3, 0.4) is 0 Å². The fraction of sp³-hybridized carbons (Fsp3) is 0.100. The monoisotopic (exact) mass is 405 g/mol. The van der Waals surface area contributed by atoms with Crippen LogP contribution in [-0.4, -0.2) is 38.3 Å². The summed E-state index contributed by atoms with van der Waals surface area (Å²) in [5, 5.41) is 26.1. The topological polar surface area (TPSA) is 147 Å². The normalized spacial score (nSPS) is 10.8. The summed E-state index contributed by atoms with van der Waals surface area (Å²) in [7, 11) is 0. The van der Waals surface area contributed by atoms with E-state index in [9.17, 15) is 19.5 Å². The zero-order chi connectivity index (χ0) is 21.3. The number of esters is 1. The number of carbonyl (C=O) groups is 1. The average molecular weight is 405 g/mol. The number of hydrogen-bond acceptors (Lipinski definition) is 9. The molecule has 0 spiro atoms. The van der Waals surface area contributed by atoms with Crippen molar-refractivity contribution in [2.45, 2.75) is 6.92 Å². The lowest BCUT2D eigenvalue weighted by atomic mass is 9.99. The highest BCUT2D eigenvalue weighted by atomic mass is 16.5. The van der Waals surface area contributed by atoms with Crippen LogP contribution >= 0.6 is 0 Å².